The van der Waals surface area contributed by atoms with Crippen LogP contribution >= 0.6 is 11.8 Å². The molecule has 1 atom stereocenters. The Labute approximate surface area is 177 Å². The molecule has 9 nitrogen and oxygen atoms in total. The summed E-state index contributed by atoms with van der Waals surface area (Å²) < 4.78 is 3.40. The highest BCUT2D eigenvalue weighted by Crippen LogP contribution is 2.32. The maximum absolute atomic E-state index is 13.2. The standard InChI is InChI=1S/C20H22N6O3S/c1-12(17(27)23-19(21)29)30-20-22-16-15(14-10-6-3-7-11-25(14)20)18(28)26(24-16)13-8-4-2-5-9-13/h2,4-5,8-9,12H,3,6-7,10-11H2,1H3,(H3,21,23,27,29)/t12-/m1/s1. The van der Waals surface area contributed by atoms with Crippen molar-refractivity contribution in [1.82, 2.24) is 24.6 Å². The Hall–Kier alpha value is -3.14. The number of aromatic nitrogens is 4. The van der Waals surface area contributed by atoms with Gasteiger partial charge in [-0.25, -0.2) is 9.78 Å². The third-order valence-electron chi connectivity index (χ3n) is 5.07. The van der Waals surface area contributed by atoms with Crippen LogP contribution in [0.5, 0.6) is 0 Å². The summed E-state index contributed by atoms with van der Waals surface area (Å²) in [6.45, 7) is 2.39. The summed E-state index contributed by atoms with van der Waals surface area (Å²) in [5.41, 5.74) is 6.97. The molecular weight excluding hydrogens is 404 g/mol. The minimum absolute atomic E-state index is 0.189. The van der Waals surface area contributed by atoms with Gasteiger partial charge >= 0.3 is 6.03 Å². The number of urea groups is 1. The number of fused-ring (bicyclic) bond motifs is 3. The molecule has 0 spiro atoms. The van der Waals surface area contributed by atoms with Crippen molar-refractivity contribution in [3.8, 4) is 17.1 Å². The van der Waals surface area contributed by atoms with E-state index < -0.39 is 17.2 Å². The molecule has 30 heavy (non-hydrogen) atoms. The SMILES string of the molecule is C[C@@H](Sc1nc2nn(-c3ccccc3)c(=O)c-2c2n1CCCCC2)C(=O)NC(N)=O. The lowest BCUT2D eigenvalue weighted by atomic mass is 10.1. The fourth-order valence-corrected chi connectivity index (χ4v) is 4.57. The first-order chi connectivity index (χ1) is 14.5. The number of primary amides is 1. The van der Waals surface area contributed by atoms with Gasteiger partial charge in [0.25, 0.3) is 5.56 Å². The summed E-state index contributed by atoms with van der Waals surface area (Å²) in [7, 11) is 0. The first-order valence-electron chi connectivity index (χ1n) is 9.80. The molecule has 3 N–H and O–H groups in total. The largest absolute Gasteiger partial charge is 0.351 e. The minimum atomic E-state index is -0.889. The molecule has 0 fully saturated rings. The Morgan fingerprint density at radius 2 is 1.97 bits per heavy atom. The number of carbonyl (C=O) groups excluding carboxylic acids is 2. The van der Waals surface area contributed by atoms with Gasteiger partial charge in [0.2, 0.25) is 5.91 Å². The van der Waals surface area contributed by atoms with Crippen molar-refractivity contribution in [3.63, 3.8) is 0 Å². The lowest BCUT2D eigenvalue weighted by molar-refractivity contribution is -0.119. The zero-order valence-corrected chi connectivity index (χ0v) is 17.3. The summed E-state index contributed by atoms with van der Waals surface area (Å²) in [5.74, 6) is -0.126. The van der Waals surface area contributed by atoms with Crippen LogP contribution in [0.4, 0.5) is 4.79 Å². The second-order valence-electron chi connectivity index (χ2n) is 7.17. The predicted molar refractivity (Wildman–Crippen MR) is 113 cm³/mol. The highest BCUT2D eigenvalue weighted by molar-refractivity contribution is 8.00. The van der Waals surface area contributed by atoms with Crippen molar-refractivity contribution in [1.29, 1.82) is 0 Å². The Morgan fingerprint density at radius 1 is 1.20 bits per heavy atom. The smallest absolute Gasteiger partial charge is 0.318 e. The average molecular weight is 427 g/mol. The van der Waals surface area contributed by atoms with E-state index in [0.29, 0.717) is 28.8 Å². The average Bonchev–Trinajstić information content (AvgIpc) is 2.89. The van der Waals surface area contributed by atoms with Crippen molar-refractivity contribution in [3.05, 3.63) is 46.4 Å². The van der Waals surface area contributed by atoms with Crippen molar-refractivity contribution >= 4 is 23.7 Å². The van der Waals surface area contributed by atoms with Gasteiger partial charge in [-0.1, -0.05) is 36.4 Å². The second kappa shape index (κ2) is 8.31. The number of hydrogen-bond acceptors (Lipinski definition) is 6. The number of benzene rings is 1. The lowest BCUT2D eigenvalue weighted by Crippen LogP contribution is -2.39. The molecule has 0 bridgehead atoms. The van der Waals surface area contributed by atoms with Gasteiger partial charge < -0.3 is 10.3 Å². The first kappa shape index (κ1) is 20.1. The van der Waals surface area contributed by atoms with E-state index >= 15 is 0 Å². The van der Waals surface area contributed by atoms with Gasteiger partial charge in [0.15, 0.2) is 11.0 Å². The number of nitrogens with two attached hydrogens (primary N) is 1. The van der Waals surface area contributed by atoms with Crippen LogP contribution in [0.15, 0.2) is 40.3 Å². The topological polar surface area (TPSA) is 125 Å². The highest BCUT2D eigenvalue weighted by Gasteiger charge is 2.28. The second-order valence-corrected chi connectivity index (χ2v) is 8.48. The van der Waals surface area contributed by atoms with Crippen LogP contribution in [0.2, 0.25) is 0 Å². The van der Waals surface area contributed by atoms with E-state index in [1.165, 1.54) is 16.4 Å². The summed E-state index contributed by atoms with van der Waals surface area (Å²) in [4.78, 5) is 41.0. The van der Waals surface area contributed by atoms with E-state index in [1.807, 2.05) is 34.9 Å². The van der Waals surface area contributed by atoms with Crippen molar-refractivity contribution < 1.29 is 9.59 Å². The quantitative estimate of drug-likeness (QED) is 0.485. The van der Waals surface area contributed by atoms with Crippen LogP contribution in [0.1, 0.15) is 31.9 Å². The Bertz CT molecular complexity index is 1120. The monoisotopic (exact) mass is 426 g/mol. The summed E-state index contributed by atoms with van der Waals surface area (Å²) in [5, 5.41) is 6.58. The molecule has 3 aliphatic rings. The van der Waals surface area contributed by atoms with Crippen LogP contribution in [-0.2, 0) is 17.8 Å². The van der Waals surface area contributed by atoms with Crippen molar-refractivity contribution in [2.24, 2.45) is 5.73 Å². The zero-order chi connectivity index (χ0) is 21.3. The molecule has 3 amide bonds. The summed E-state index contributed by atoms with van der Waals surface area (Å²) in [6, 6.07) is 8.34. The molecule has 0 aromatic heterocycles. The molecule has 3 heterocycles. The fourth-order valence-electron chi connectivity index (χ4n) is 3.62. The Balaban J connectivity index is 1.83. The molecule has 1 aromatic carbocycles. The van der Waals surface area contributed by atoms with Gasteiger partial charge in [0.1, 0.15) is 5.56 Å². The van der Waals surface area contributed by atoms with Gasteiger partial charge in [-0.05, 0) is 38.3 Å². The Kier molecular flexibility index (Phi) is 5.58. The molecule has 0 aliphatic carbocycles. The molecular formula is C20H22N6O3S. The molecule has 1 aromatic rings. The lowest BCUT2D eigenvalue weighted by Gasteiger charge is -2.19. The molecule has 0 saturated carbocycles. The van der Waals surface area contributed by atoms with E-state index in [9.17, 15) is 14.4 Å². The molecule has 156 valence electrons. The van der Waals surface area contributed by atoms with Gasteiger partial charge in [-0.2, -0.15) is 4.68 Å². The number of imide groups is 1. The maximum Gasteiger partial charge on any atom is 0.318 e. The van der Waals surface area contributed by atoms with Gasteiger partial charge in [-0.15, -0.1) is 5.10 Å². The molecule has 3 aliphatic heterocycles. The first-order valence-corrected chi connectivity index (χ1v) is 10.7. The number of nitrogens with zero attached hydrogens (tertiary/aromatic N) is 4. The van der Waals surface area contributed by atoms with E-state index in [-0.39, 0.29) is 5.56 Å². The van der Waals surface area contributed by atoms with Crippen LogP contribution in [0.3, 0.4) is 0 Å². The minimum Gasteiger partial charge on any atom is -0.351 e. The van der Waals surface area contributed by atoms with Crippen LogP contribution in [0.25, 0.3) is 17.1 Å². The van der Waals surface area contributed by atoms with E-state index in [4.69, 9.17) is 5.73 Å². The van der Waals surface area contributed by atoms with E-state index in [2.05, 4.69) is 15.4 Å². The van der Waals surface area contributed by atoms with Gasteiger partial charge in [0, 0.05) is 12.2 Å². The van der Waals surface area contributed by atoms with Gasteiger partial charge in [-0.3, -0.25) is 14.9 Å². The number of para-hydroxylation sites is 1. The maximum atomic E-state index is 13.2. The van der Waals surface area contributed by atoms with Crippen molar-refractivity contribution in [2.45, 2.75) is 49.6 Å². The molecule has 10 heteroatoms. The van der Waals surface area contributed by atoms with Crippen LogP contribution < -0.4 is 16.6 Å². The van der Waals surface area contributed by atoms with E-state index in [0.717, 1.165) is 31.4 Å². The third-order valence-corrected chi connectivity index (χ3v) is 6.16. The van der Waals surface area contributed by atoms with E-state index in [1.54, 1.807) is 6.92 Å². The fraction of sp³-hybridized carbons (Fsp3) is 0.350. The number of amides is 3. The molecule has 0 radical (unpaired) electrons. The number of carbonyl (C=O) groups is 2. The Morgan fingerprint density at radius 3 is 2.70 bits per heavy atom. The number of nitrogens with one attached hydrogen (secondary N) is 1. The predicted octanol–water partition coefficient (Wildman–Crippen LogP) is 1.94. The highest BCUT2D eigenvalue weighted by atomic mass is 32.2. The summed E-state index contributed by atoms with van der Waals surface area (Å²) in [6.07, 6.45) is 3.72. The number of hydrogen-bond donors (Lipinski definition) is 2. The normalized spacial score (nSPS) is 14.7. The molecule has 4 rings (SSSR count). The zero-order valence-electron chi connectivity index (χ0n) is 16.5. The molecule has 0 unspecified atom stereocenters. The van der Waals surface area contributed by atoms with Crippen molar-refractivity contribution in [2.75, 3.05) is 0 Å². The van der Waals surface area contributed by atoms with Crippen LogP contribution in [0, 0.1) is 0 Å². The summed E-state index contributed by atoms with van der Waals surface area (Å²) >= 11 is 1.22. The third kappa shape index (κ3) is 3.82. The molecule has 0 saturated heterocycles. The van der Waals surface area contributed by atoms with Gasteiger partial charge in [0.05, 0.1) is 10.9 Å². The number of thioether (sulfide) groups is 1. The van der Waals surface area contributed by atoms with Crippen LogP contribution in [-0.4, -0.2) is 36.5 Å². The number of rotatable bonds is 4.